The molecule has 0 saturated carbocycles. The number of pyridine rings is 1. The predicted molar refractivity (Wildman–Crippen MR) is 69.3 cm³/mol. The second-order valence-corrected chi connectivity index (χ2v) is 5.09. The molecule has 1 saturated heterocycles. The maximum Gasteiger partial charge on any atom is 0.0866 e. The van der Waals surface area contributed by atoms with Gasteiger partial charge in [-0.2, -0.15) is 5.26 Å². The Hall–Kier alpha value is -0.960. The minimum atomic E-state index is 0.546. The highest BCUT2D eigenvalue weighted by molar-refractivity contribution is 9.10. The van der Waals surface area contributed by atoms with E-state index in [1.165, 1.54) is 0 Å². The van der Waals surface area contributed by atoms with Crippen molar-refractivity contribution in [1.82, 2.24) is 14.8 Å². The summed E-state index contributed by atoms with van der Waals surface area (Å²) >= 11 is 3.38. The van der Waals surface area contributed by atoms with Gasteiger partial charge in [0, 0.05) is 43.4 Å². The molecule has 0 bridgehead atoms. The molecule has 1 fully saturated rings. The summed E-state index contributed by atoms with van der Waals surface area (Å²) in [5.74, 6) is 0. The summed E-state index contributed by atoms with van der Waals surface area (Å²) < 4.78 is 1.01. The molecule has 0 radical (unpaired) electrons. The minimum absolute atomic E-state index is 0.546. The van der Waals surface area contributed by atoms with Gasteiger partial charge in [-0.3, -0.25) is 14.8 Å². The summed E-state index contributed by atoms with van der Waals surface area (Å²) in [5, 5.41) is 8.63. The van der Waals surface area contributed by atoms with Gasteiger partial charge in [-0.15, -0.1) is 0 Å². The number of aromatic nitrogens is 1. The van der Waals surface area contributed by atoms with Crippen molar-refractivity contribution >= 4 is 15.9 Å². The molecule has 2 heterocycles. The molecule has 0 atom stereocenters. The van der Waals surface area contributed by atoms with Crippen LogP contribution in [0.5, 0.6) is 0 Å². The molecule has 1 aliphatic heterocycles. The predicted octanol–water partition coefficient (Wildman–Crippen LogP) is 1.49. The first-order valence-electron chi connectivity index (χ1n) is 5.70. The van der Waals surface area contributed by atoms with Gasteiger partial charge < -0.3 is 0 Å². The molecule has 17 heavy (non-hydrogen) atoms. The molecule has 5 heteroatoms. The fraction of sp³-hybridized carbons (Fsp3) is 0.500. The molecule has 0 spiro atoms. The van der Waals surface area contributed by atoms with E-state index >= 15 is 0 Å². The SMILES string of the molecule is N#CCN1CCN(Cc2ccc(Br)cn2)CC1. The van der Waals surface area contributed by atoms with Crippen molar-refractivity contribution in [2.45, 2.75) is 6.54 Å². The Morgan fingerprint density at radius 1 is 1.24 bits per heavy atom. The zero-order valence-corrected chi connectivity index (χ0v) is 11.2. The monoisotopic (exact) mass is 294 g/mol. The first-order valence-corrected chi connectivity index (χ1v) is 6.49. The number of halogens is 1. The summed E-state index contributed by atoms with van der Waals surface area (Å²) in [7, 11) is 0. The molecule has 0 unspecified atom stereocenters. The molecule has 0 aliphatic carbocycles. The molecule has 1 aromatic heterocycles. The summed E-state index contributed by atoms with van der Waals surface area (Å²) in [5.41, 5.74) is 1.10. The van der Waals surface area contributed by atoms with Crippen LogP contribution in [0.4, 0.5) is 0 Å². The third-order valence-electron chi connectivity index (χ3n) is 2.93. The van der Waals surface area contributed by atoms with Crippen LogP contribution in [-0.4, -0.2) is 47.5 Å². The molecule has 2 rings (SSSR count). The summed E-state index contributed by atoms with van der Waals surface area (Å²) in [4.78, 5) is 8.94. The fourth-order valence-electron chi connectivity index (χ4n) is 1.93. The molecule has 1 aliphatic rings. The van der Waals surface area contributed by atoms with Crippen molar-refractivity contribution in [3.05, 3.63) is 28.5 Å². The maximum absolute atomic E-state index is 8.63. The second kappa shape index (κ2) is 6.10. The highest BCUT2D eigenvalue weighted by Crippen LogP contribution is 2.10. The van der Waals surface area contributed by atoms with Crippen LogP contribution in [-0.2, 0) is 6.54 Å². The lowest BCUT2D eigenvalue weighted by Crippen LogP contribution is -2.45. The van der Waals surface area contributed by atoms with Crippen molar-refractivity contribution in [3.63, 3.8) is 0 Å². The number of rotatable bonds is 3. The molecule has 4 nitrogen and oxygen atoms in total. The third-order valence-corrected chi connectivity index (χ3v) is 3.40. The van der Waals surface area contributed by atoms with Crippen molar-refractivity contribution in [3.8, 4) is 6.07 Å². The smallest absolute Gasteiger partial charge is 0.0866 e. The lowest BCUT2D eigenvalue weighted by atomic mass is 10.2. The van der Waals surface area contributed by atoms with E-state index in [0.29, 0.717) is 6.54 Å². The normalized spacial score (nSPS) is 17.9. The first kappa shape index (κ1) is 12.5. The van der Waals surface area contributed by atoms with Crippen molar-refractivity contribution in [2.24, 2.45) is 0 Å². The number of piperazine rings is 1. The van der Waals surface area contributed by atoms with E-state index in [1.54, 1.807) is 0 Å². The summed E-state index contributed by atoms with van der Waals surface area (Å²) in [6.45, 7) is 5.42. The van der Waals surface area contributed by atoms with Gasteiger partial charge in [-0.1, -0.05) is 0 Å². The minimum Gasteiger partial charge on any atom is -0.295 e. The van der Waals surface area contributed by atoms with Gasteiger partial charge in [0.25, 0.3) is 0 Å². The van der Waals surface area contributed by atoms with E-state index < -0.39 is 0 Å². The van der Waals surface area contributed by atoms with Crippen LogP contribution in [0.1, 0.15) is 5.69 Å². The second-order valence-electron chi connectivity index (χ2n) is 4.18. The zero-order chi connectivity index (χ0) is 12.1. The van der Waals surface area contributed by atoms with Crippen LogP contribution < -0.4 is 0 Å². The van der Waals surface area contributed by atoms with E-state index in [9.17, 15) is 0 Å². The van der Waals surface area contributed by atoms with Crippen LogP contribution in [0, 0.1) is 11.3 Å². The molecule has 0 N–H and O–H groups in total. The number of nitriles is 1. The number of hydrogen-bond donors (Lipinski definition) is 0. The summed E-state index contributed by atoms with van der Waals surface area (Å²) in [6, 6.07) is 6.27. The van der Waals surface area contributed by atoms with Crippen LogP contribution in [0.15, 0.2) is 22.8 Å². The van der Waals surface area contributed by atoms with Crippen LogP contribution >= 0.6 is 15.9 Å². The molecule has 0 amide bonds. The Bertz CT molecular complexity index is 390. The molecule has 0 aromatic carbocycles. The van der Waals surface area contributed by atoms with Gasteiger partial charge >= 0.3 is 0 Å². The number of hydrogen-bond acceptors (Lipinski definition) is 4. The Morgan fingerprint density at radius 2 is 1.94 bits per heavy atom. The topological polar surface area (TPSA) is 43.2 Å². The highest BCUT2D eigenvalue weighted by atomic mass is 79.9. The Kier molecular flexibility index (Phi) is 4.49. The third kappa shape index (κ3) is 3.77. The Morgan fingerprint density at radius 3 is 2.53 bits per heavy atom. The maximum atomic E-state index is 8.63. The van der Waals surface area contributed by atoms with E-state index in [0.717, 1.165) is 42.9 Å². The standard InChI is InChI=1S/C12H15BrN4/c13-11-1-2-12(15-9-11)10-17-7-5-16(4-3-14)6-8-17/h1-2,9H,4-8,10H2. The largest absolute Gasteiger partial charge is 0.295 e. The van der Waals surface area contributed by atoms with Gasteiger partial charge in [0.2, 0.25) is 0 Å². The van der Waals surface area contributed by atoms with Gasteiger partial charge in [0.15, 0.2) is 0 Å². The van der Waals surface area contributed by atoms with Crippen molar-refractivity contribution in [2.75, 3.05) is 32.7 Å². The lowest BCUT2D eigenvalue weighted by Gasteiger charge is -2.33. The van der Waals surface area contributed by atoms with Crippen LogP contribution in [0.25, 0.3) is 0 Å². The van der Waals surface area contributed by atoms with E-state index in [2.05, 4.69) is 36.8 Å². The van der Waals surface area contributed by atoms with Crippen molar-refractivity contribution in [1.29, 1.82) is 5.26 Å². The van der Waals surface area contributed by atoms with Crippen molar-refractivity contribution < 1.29 is 0 Å². The van der Waals surface area contributed by atoms with Gasteiger partial charge in [-0.25, -0.2) is 0 Å². The van der Waals surface area contributed by atoms with Gasteiger partial charge in [0.1, 0.15) is 0 Å². The molecular formula is C12H15BrN4. The quantitative estimate of drug-likeness (QED) is 0.792. The van der Waals surface area contributed by atoms with Gasteiger partial charge in [0.05, 0.1) is 18.3 Å². The molecule has 1 aromatic rings. The molecule has 90 valence electrons. The summed E-state index contributed by atoms with van der Waals surface area (Å²) in [6.07, 6.45) is 1.83. The average Bonchev–Trinajstić information content (AvgIpc) is 2.35. The highest BCUT2D eigenvalue weighted by Gasteiger charge is 2.16. The fourth-order valence-corrected chi connectivity index (χ4v) is 2.17. The first-order chi connectivity index (χ1) is 8.28. The zero-order valence-electron chi connectivity index (χ0n) is 9.64. The lowest BCUT2D eigenvalue weighted by molar-refractivity contribution is 0.137. The Labute approximate surface area is 110 Å². The van der Waals surface area contributed by atoms with E-state index in [1.807, 2.05) is 18.3 Å². The van der Waals surface area contributed by atoms with E-state index in [-0.39, 0.29) is 0 Å². The number of nitrogens with zero attached hydrogens (tertiary/aromatic N) is 4. The van der Waals surface area contributed by atoms with E-state index in [4.69, 9.17) is 5.26 Å². The molecular weight excluding hydrogens is 280 g/mol. The Balaban J connectivity index is 1.82. The van der Waals surface area contributed by atoms with Crippen LogP contribution in [0.3, 0.4) is 0 Å². The van der Waals surface area contributed by atoms with Crippen LogP contribution in [0.2, 0.25) is 0 Å². The van der Waals surface area contributed by atoms with Gasteiger partial charge in [-0.05, 0) is 28.1 Å². The average molecular weight is 295 g/mol.